The normalized spacial score (nSPS) is 11.4. The van der Waals surface area contributed by atoms with Gasteiger partial charge in [-0.1, -0.05) is 12.1 Å². The first-order valence-electron chi connectivity index (χ1n) is 5.07. The Balaban J connectivity index is 2.43. The van der Waals surface area contributed by atoms with E-state index in [2.05, 4.69) is 9.97 Å². The minimum atomic E-state index is -3.14. The van der Waals surface area contributed by atoms with Crippen LogP contribution in [-0.2, 0) is 9.84 Å². The van der Waals surface area contributed by atoms with Gasteiger partial charge in [0.05, 0.1) is 10.6 Å². The van der Waals surface area contributed by atoms with E-state index in [9.17, 15) is 8.42 Å². The van der Waals surface area contributed by atoms with Gasteiger partial charge in [0.25, 0.3) is 0 Å². The Morgan fingerprint density at radius 2 is 1.71 bits per heavy atom. The summed E-state index contributed by atoms with van der Waals surface area (Å²) in [4.78, 5) is 8.60. The van der Waals surface area contributed by atoms with Gasteiger partial charge in [-0.05, 0) is 25.1 Å². The van der Waals surface area contributed by atoms with E-state index < -0.39 is 9.84 Å². The second-order valence-electron chi connectivity index (χ2n) is 3.79. The molecule has 0 saturated carbocycles. The third-order valence-corrected chi connectivity index (χ3v) is 3.48. The van der Waals surface area contributed by atoms with Crippen LogP contribution in [0.1, 0.15) is 5.82 Å². The van der Waals surface area contributed by atoms with Crippen LogP contribution in [0.25, 0.3) is 11.3 Å². The van der Waals surface area contributed by atoms with E-state index >= 15 is 0 Å². The quantitative estimate of drug-likeness (QED) is 0.813. The Morgan fingerprint density at radius 3 is 2.24 bits per heavy atom. The maximum absolute atomic E-state index is 11.3. The molecule has 5 heteroatoms. The topological polar surface area (TPSA) is 59.9 Å². The number of nitrogens with zero attached hydrogens (tertiary/aromatic N) is 2. The van der Waals surface area contributed by atoms with Gasteiger partial charge in [-0.15, -0.1) is 0 Å². The molecule has 0 spiro atoms. The van der Waals surface area contributed by atoms with Crippen molar-refractivity contribution >= 4 is 9.84 Å². The lowest BCUT2D eigenvalue weighted by Gasteiger charge is -2.03. The molecule has 0 amide bonds. The summed E-state index contributed by atoms with van der Waals surface area (Å²) in [5.74, 6) is 0.690. The molecule has 0 atom stereocenters. The van der Waals surface area contributed by atoms with E-state index in [1.54, 1.807) is 36.5 Å². The molecule has 0 N–H and O–H groups in total. The molecule has 1 aromatic heterocycles. The second-order valence-corrected chi connectivity index (χ2v) is 5.80. The van der Waals surface area contributed by atoms with Crippen LogP contribution in [0, 0.1) is 6.92 Å². The summed E-state index contributed by atoms with van der Waals surface area (Å²) in [6.45, 7) is 1.81. The number of rotatable bonds is 2. The number of benzene rings is 1. The van der Waals surface area contributed by atoms with Crippen molar-refractivity contribution in [3.05, 3.63) is 42.4 Å². The van der Waals surface area contributed by atoms with Gasteiger partial charge < -0.3 is 0 Å². The molecule has 4 nitrogen and oxygen atoms in total. The van der Waals surface area contributed by atoms with E-state index in [1.165, 1.54) is 6.26 Å². The van der Waals surface area contributed by atoms with Crippen LogP contribution in [0.3, 0.4) is 0 Å². The Kier molecular flexibility index (Phi) is 2.93. The Bertz CT molecular complexity index is 634. The highest BCUT2D eigenvalue weighted by Gasteiger charge is 2.07. The van der Waals surface area contributed by atoms with Gasteiger partial charge in [-0.3, -0.25) is 0 Å². The number of sulfone groups is 1. The van der Waals surface area contributed by atoms with Gasteiger partial charge in [-0.2, -0.15) is 0 Å². The van der Waals surface area contributed by atoms with Crippen LogP contribution in [0.2, 0.25) is 0 Å². The highest BCUT2D eigenvalue weighted by atomic mass is 32.2. The molecule has 0 saturated heterocycles. The molecule has 0 aliphatic carbocycles. The Morgan fingerprint density at radius 1 is 1.06 bits per heavy atom. The van der Waals surface area contributed by atoms with Crippen molar-refractivity contribution < 1.29 is 8.42 Å². The molecule has 0 unspecified atom stereocenters. The molecule has 88 valence electrons. The summed E-state index contributed by atoms with van der Waals surface area (Å²) in [6, 6.07) is 8.46. The monoisotopic (exact) mass is 248 g/mol. The summed E-state index contributed by atoms with van der Waals surface area (Å²) >= 11 is 0. The largest absolute Gasteiger partial charge is 0.242 e. The van der Waals surface area contributed by atoms with Crippen LogP contribution in [0.15, 0.2) is 41.4 Å². The van der Waals surface area contributed by atoms with Crippen molar-refractivity contribution in [3.63, 3.8) is 0 Å². The molecule has 17 heavy (non-hydrogen) atoms. The zero-order chi connectivity index (χ0) is 12.5. The van der Waals surface area contributed by atoms with Crippen LogP contribution in [0.4, 0.5) is 0 Å². The second kappa shape index (κ2) is 4.25. The van der Waals surface area contributed by atoms with Gasteiger partial charge in [0, 0.05) is 18.0 Å². The average Bonchev–Trinajstić information content (AvgIpc) is 2.28. The minimum Gasteiger partial charge on any atom is -0.242 e. The molecule has 2 rings (SSSR count). The van der Waals surface area contributed by atoms with Gasteiger partial charge >= 0.3 is 0 Å². The van der Waals surface area contributed by atoms with E-state index in [1.807, 2.05) is 6.92 Å². The highest BCUT2D eigenvalue weighted by molar-refractivity contribution is 7.90. The molecule has 0 fully saturated rings. The SMILES string of the molecule is Cc1nccc(-c2ccc(S(C)(=O)=O)cc2)n1. The van der Waals surface area contributed by atoms with Gasteiger partial charge in [0.15, 0.2) is 9.84 Å². The van der Waals surface area contributed by atoms with Crippen molar-refractivity contribution in [2.24, 2.45) is 0 Å². The molecular weight excluding hydrogens is 236 g/mol. The molecule has 1 heterocycles. The summed E-state index contributed by atoms with van der Waals surface area (Å²) in [5, 5.41) is 0. The maximum Gasteiger partial charge on any atom is 0.175 e. The number of hydrogen-bond donors (Lipinski definition) is 0. The first-order chi connectivity index (χ1) is 7.97. The molecular formula is C12H12N2O2S. The average molecular weight is 248 g/mol. The van der Waals surface area contributed by atoms with Gasteiger partial charge in [0.1, 0.15) is 5.82 Å². The lowest BCUT2D eigenvalue weighted by Crippen LogP contribution is -1.96. The molecule has 1 aromatic carbocycles. The van der Waals surface area contributed by atoms with E-state index in [0.29, 0.717) is 10.7 Å². The van der Waals surface area contributed by atoms with Crippen molar-refractivity contribution in [2.45, 2.75) is 11.8 Å². The maximum atomic E-state index is 11.3. The Labute approximate surface area is 100 Å². The number of aryl methyl sites for hydroxylation is 1. The predicted molar refractivity (Wildman–Crippen MR) is 65.3 cm³/mol. The fourth-order valence-electron chi connectivity index (χ4n) is 1.49. The Hall–Kier alpha value is -1.75. The first-order valence-corrected chi connectivity index (χ1v) is 6.96. The van der Waals surface area contributed by atoms with Crippen LogP contribution in [0.5, 0.6) is 0 Å². The van der Waals surface area contributed by atoms with E-state index in [0.717, 1.165) is 11.3 Å². The first kappa shape index (κ1) is 11.7. The van der Waals surface area contributed by atoms with Crippen molar-refractivity contribution in [3.8, 4) is 11.3 Å². The van der Waals surface area contributed by atoms with Crippen molar-refractivity contribution in [1.29, 1.82) is 0 Å². The molecule has 2 aromatic rings. The summed E-state index contributed by atoms with van der Waals surface area (Å²) in [7, 11) is -3.14. The zero-order valence-corrected chi connectivity index (χ0v) is 10.4. The summed E-state index contributed by atoms with van der Waals surface area (Å²) in [6.07, 6.45) is 2.87. The fourth-order valence-corrected chi connectivity index (χ4v) is 2.12. The molecule has 0 aliphatic heterocycles. The predicted octanol–water partition coefficient (Wildman–Crippen LogP) is 1.86. The van der Waals surface area contributed by atoms with E-state index in [4.69, 9.17) is 0 Å². The standard InChI is InChI=1S/C12H12N2O2S/c1-9-13-8-7-12(14-9)10-3-5-11(6-4-10)17(2,15)16/h3-8H,1-2H3. The smallest absolute Gasteiger partial charge is 0.175 e. The highest BCUT2D eigenvalue weighted by Crippen LogP contribution is 2.19. The van der Waals surface area contributed by atoms with Crippen LogP contribution in [-0.4, -0.2) is 24.6 Å². The van der Waals surface area contributed by atoms with Crippen LogP contribution >= 0.6 is 0 Å². The lowest BCUT2D eigenvalue weighted by atomic mass is 10.1. The third-order valence-electron chi connectivity index (χ3n) is 2.35. The number of aromatic nitrogens is 2. The van der Waals surface area contributed by atoms with Crippen molar-refractivity contribution in [1.82, 2.24) is 9.97 Å². The fraction of sp³-hybridized carbons (Fsp3) is 0.167. The van der Waals surface area contributed by atoms with Crippen molar-refractivity contribution in [2.75, 3.05) is 6.26 Å². The third kappa shape index (κ3) is 2.68. The summed E-state index contributed by atoms with van der Waals surface area (Å²) < 4.78 is 22.6. The number of hydrogen-bond acceptors (Lipinski definition) is 4. The zero-order valence-electron chi connectivity index (χ0n) is 9.58. The van der Waals surface area contributed by atoms with E-state index in [-0.39, 0.29) is 0 Å². The van der Waals surface area contributed by atoms with Crippen LogP contribution < -0.4 is 0 Å². The molecule has 0 bridgehead atoms. The lowest BCUT2D eigenvalue weighted by molar-refractivity contribution is 0.602. The molecule has 0 aliphatic rings. The van der Waals surface area contributed by atoms with Gasteiger partial charge in [0.2, 0.25) is 0 Å². The summed E-state index contributed by atoms with van der Waals surface area (Å²) in [5.41, 5.74) is 1.67. The van der Waals surface area contributed by atoms with Gasteiger partial charge in [-0.25, -0.2) is 18.4 Å². The minimum absolute atomic E-state index is 0.312. The molecule has 0 radical (unpaired) electrons.